The van der Waals surface area contributed by atoms with Crippen LogP contribution in [0.25, 0.3) is 0 Å². The van der Waals surface area contributed by atoms with Gasteiger partial charge in [-0.05, 0) is 98.5 Å². The number of rotatable bonds is 3. The van der Waals surface area contributed by atoms with Gasteiger partial charge in [-0.25, -0.2) is 13.2 Å². The molecular weight excluding hydrogens is 432 g/mol. The quantitative estimate of drug-likeness (QED) is 0.534. The Labute approximate surface area is 189 Å². The highest BCUT2D eigenvalue weighted by Gasteiger charge is 2.67. The van der Waals surface area contributed by atoms with Crippen LogP contribution in [0.1, 0.15) is 83.1 Å². The average molecular weight is 466 g/mol. The molecule has 1 aromatic rings. The minimum Gasteiger partial charge on any atom is -0.726 e. The Hall–Kier alpha value is -1.22. The van der Waals surface area contributed by atoms with E-state index >= 15 is 0 Å². The molecule has 4 aliphatic rings. The molecule has 1 aromatic heterocycles. The Morgan fingerprint density at radius 2 is 1.84 bits per heavy atom. The summed E-state index contributed by atoms with van der Waals surface area (Å²) in [6, 6.07) is 3.32. The maximum Gasteiger partial charge on any atom is 0.335 e. The predicted molar refractivity (Wildman–Crippen MR) is 115 cm³/mol. The molecular formula is C24H33O7S-. The van der Waals surface area contributed by atoms with Crippen molar-refractivity contribution in [1.29, 1.82) is 0 Å². The second-order valence-corrected chi connectivity index (χ2v) is 12.3. The standard InChI is InChI=1S/C24H34O7S/c1-22-10-7-17(31-32(27,28)29)13-16(22)4-5-20-19(22)8-11-23(2)18(9-12-24(20,23)26)15-3-6-21(25)30-14-15/h3,6,14,16-20,26H,4-5,7-13H2,1-2H3,(H,27,28,29)/p-1/t16-,17+,18-,19+,20-,22+,23-,24+/m1/s1. The van der Waals surface area contributed by atoms with Crippen LogP contribution in [0.15, 0.2) is 27.6 Å². The highest BCUT2D eigenvalue weighted by molar-refractivity contribution is 7.80. The zero-order chi connectivity index (χ0) is 22.9. The highest BCUT2D eigenvalue weighted by atomic mass is 32.3. The third kappa shape index (κ3) is 3.32. The van der Waals surface area contributed by atoms with E-state index in [1.807, 2.05) is 6.07 Å². The van der Waals surface area contributed by atoms with Crippen LogP contribution < -0.4 is 5.63 Å². The Morgan fingerprint density at radius 1 is 1.06 bits per heavy atom. The van der Waals surface area contributed by atoms with Crippen LogP contribution in [-0.4, -0.2) is 29.8 Å². The normalized spacial score (nSPS) is 46.2. The SMILES string of the molecule is C[C@]12CC[C@H](OS(=O)(=O)[O-])C[C@H]1CC[C@@H]1[C@@H]2CC[C@]2(C)[C@@H](c3ccc(=O)oc3)CC[C@]12O. The number of hydrogen-bond donors (Lipinski definition) is 1. The molecule has 4 fully saturated rings. The predicted octanol–water partition coefficient (Wildman–Crippen LogP) is 3.73. The zero-order valence-corrected chi connectivity index (χ0v) is 19.6. The molecule has 0 bridgehead atoms. The lowest BCUT2D eigenvalue weighted by Gasteiger charge is -2.63. The van der Waals surface area contributed by atoms with Gasteiger partial charge < -0.3 is 14.1 Å². The van der Waals surface area contributed by atoms with E-state index in [9.17, 15) is 22.9 Å². The lowest BCUT2D eigenvalue weighted by Crippen LogP contribution is -2.62. The van der Waals surface area contributed by atoms with E-state index in [4.69, 9.17) is 8.60 Å². The molecule has 8 atom stereocenters. The smallest absolute Gasteiger partial charge is 0.335 e. The Balaban J connectivity index is 1.40. The van der Waals surface area contributed by atoms with Gasteiger partial charge in [0.05, 0.1) is 18.0 Å². The zero-order valence-electron chi connectivity index (χ0n) is 18.8. The van der Waals surface area contributed by atoms with Crippen molar-refractivity contribution < 1.29 is 26.7 Å². The van der Waals surface area contributed by atoms with E-state index in [0.29, 0.717) is 24.7 Å². The van der Waals surface area contributed by atoms with Crippen molar-refractivity contribution in [3.8, 4) is 0 Å². The first-order chi connectivity index (χ1) is 15.0. The molecule has 0 saturated heterocycles. The molecule has 0 radical (unpaired) electrons. The Kier molecular flexibility index (Phi) is 5.21. The second-order valence-electron chi connectivity index (χ2n) is 11.3. The van der Waals surface area contributed by atoms with Crippen LogP contribution in [0.4, 0.5) is 0 Å². The maximum absolute atomic E-state index is 12.2. The molecule has 1 N–H and O–H groups in total. The minimum atomic E-state index is -4.69. The largest absolute Gasteiger partial charge is 0.726 e. The molecule has 7 nitrogen and oxygen atoms in total. The summed E-state index contributed by atoms with van der Waals surface area (Å²) in [5.74, 6) is 1.04. The van der Waals surface area contributed by atoms with Gasteiger partial charge in [-0.1, -0.05) is 13.8 Å². The molecule has 4 saturated carbocycles. The second kappa shape index (κ2) is 7.39. The maximum atomic E-state index is 12.2. The van der Waals surface area contributed by atoms with E-state index in [0.717, 1.165) is 50.5 Å². The van der Waals surface area contributed by atoms with Gasteiger partial charge in [-0.15, -0.1) is 0 Å². The summed E-state index contributed by atoms with van der Waals surface area (Å²) in [7, 11) is -4.69. The summed E-state index contributed by atoms with van der Waals surface area (Å²) >= 11 is 0. The molecule has 0 aliphatic heterocycles. The summed E-state index contributed by atoms with van der Waals surface area (Å²) in [4.78, 5) is 11.4. The van der Waals surface area contributed by atoms with Gasteiger partial charge in [0.1, 0.15) is 0 Å². The summed E-state index contributed by atoms with van der Waals surface area (Å²) in [5.41, 5.74) is -0.376. The van der Waals surface area contributed by atoms with Crippen molar-refractivity contribution in [2.24, 2.45) is 28.6 Å². The van der Waals surface area contributed by atoms with Crippen LogP contribution >= 0.6 is 0 Å². The fourth-order valence-electron chi connectivity index (χ4n) is 8.54. The van der Waals surface area contributed by atoms with Gasteiger partial charge in [-0.2, -0.15) is 0 Å². The van der Waals surface area contributed by atoms with Gasteiger partial charge in [0.15, 0.2) is 0 Å². The molecule has 0 spiro atoms. The van der Waals surface area contributed by atoms with E-state index in [2.05, 4.69) is 13.8 Å². The molecule has 0 aromatic carbocycles. The van der Waals surface area contributed by atoms with Crippen LogP contribution in [0, 0.1) is 28.6 Å². The fraction of sp³-hybridized carbons (Fsp3) is 0.792. The van der Waals surface area contributed by atoms with E-state index < -0.39 is 22.1 Å². The van der Waals surface area contributed by atoms with Crippen molar-refractivity contribution in [1.82, 2.24) is 0 Å². The Bertz CT molecular complexity index is 1030. The van der Waals surface area contributed by atoms with E-state index in [1.165, 1.54) is 6.07 Å². The Morgan fingerprint density at radius 3 is 2.53 bits per heavy atom. The number of fused-ring (bicyclic) bond motifs is 5. The summed E-state index contributed by atoms with van der Waals surface area (Å²) in [6.07, 6.45) is 8.41. The fourth-order valence-corrected chi connectivity index (χ4v) is 9.05. The monoisotopic (exact) mass is 465 g/mol. The average Bonchev–Trinajstić information content (AvgIpc) is 2.99. The van der Waals surface area contributed by atoms with Crippen molar-refractivity contribution in [3.63, 3.8) is 0 Å². The molecule has 178 valence electrons. The first kappa shape index (κ1) is 22.6. The molecule has 32 heavy (non-hydrogen) atoms. The molecule has 0 amide bonds. The molecule has 5 rings (SSSR count). The van der Waals surface area contributed by atoms with Crippen LogP contribution in [-0.2, 0) is 14.6 Å². The van der Waals surface area contributed by atoms with Gasteiger partial charge in [0.2, 0.25) is 10.4 Å². The minimum absolute atomic E-state index is 0.0180. The van der Waals surface area contributed by atoms with Crippen LogP contribution in [0.2, 0.25) is 0 Å². The lowest BCUT2D eigenvalue weighted by atomic mass is 9.43. The highest BCUT2D eigenvalue weighted by Crippen LogP contribution is 2.70. The first-order valence-corrected chi connectivity index (χ1v) is 13.2. The van der Waals surface area contributed by atoms with Gasteiger partial charge >= 0.3 is 5.63 Å². The van der Waals surface area contributed by atoms with E-state index in [-0.39, 0.29) is 28.3 Å². The van der Waals surface area contributed by atoms with Gasteiger partial charge in [0.25, 0.3) is 0 Å². The summed E-state index contributed by atoms with van der Waals surface area (Å²) in [5, 5.41) is 12.2. The van der Waals surface area contributed by atoms with Gasteiger partial charge in [-0.3, -0.25) is 4.18 Å². The third-order valence-corrected chi connectivity index (χ3v) is 10.7. The van der Waals surface area contributed by atoms with Crippen molar-refractivity contribution in [3.05, 3.63) is 34.4 Å². The molecule has 1 heterocycles. The topological polar surface area (TPSA) is 117 Å². The van der Waals surface area contributed by atoms with Crippen LogP contribution in [0.3, 0.4) is 0 Å². The lowest BCUT2D eigenvalue weighted by molar-refractivity contribution is -0.204. The van der Waals surface area contributed by atoms with Crippen molar-refractivity contribution in [2.45, 2.75) is 89.3 Å². The van der Waals surface area contributed by atoms with Crippen molar-refractivity contribution >= 4 is 10.4 Å². The molecule has 4 aliphatic carbocycles. The summed E-state index contributed by atoms with van der Waals surface area (Å²) < 4.78 is 43.3. The third-order valence-electron chi connectivity index (χ3n) is 10.2. The van der Waals surface area contributed by atoms with E-state index in [1.54, 1.807) is 6.26 Å². The first-order valence-electron chi connectivity index (χ1n) is 11.9. The van der Waals surface area contributed by atoms with Crippen LogP contribution in [0.5, 0.6) is 0 Å². The van der Waals surface area contributed by atoms with Crippen molar-refractivity contribution in [2.75, 3.05) is 0 Å². The summed E-state index contributed by atoms with van der Waals surface area (Å²) in [6.45, 7) is 4.52. The molecule has 8 heteroatoms. The molecule has 0 unspecified atom stereocenters. The number of aliphatic hydroxyl groups is 1. The van der Waals surface area contributed by atoms with Gasteiger partial charge in [0, 0.05) is 11.5 Å². The number of hydrogen-bond acceptors (Lipinski definition) is 7.